The summed E-state index contributed by atoms with van der Waals surface area (Å²) in [4.78, 5) is 13.1. The minimum atomic E-state index is -0.969. The first-order valence-electron chi connectivity index (χ1n) is 9.51. The van der Waals surface area contributed by atoms with Crippen LogP contribution < -0.4 is 10.1 Å². The zero-order valence-electron chi connectivity index (χ0n) is 15.6. The Balaban J connectivity index is 1.35. The minimum absolute atomic E-state index is 0.319. The maximum absolute atomic E-state index is 10.7. The summed E-state index contributed by atoms with van der Waals surface area (Å²) in [5.41, 5.74) is 3.29. The van der Waals surface area contributed by atoms with Gasteiger partial charge < -0.3 is 15.2 Å². The molecule has 1 aliphatic rings. The summed E-state index contributed by atoms with van der Waals surface area (Å²) in [6.07, 6.45) is 4.12. The third kappa shape index (κ3) is 4.61. The molecule has 1 saturated heterocycles. The van der Waals surface area contributed by atoms with Crippen LogP contribution in [0.25, 0.3) is 10.9 Å². The first-order chi connectivity index (χ1) is 13.7. The van der Waals surface area contributed by atoms with Crippen LogP contribution in [-0.2, 0) is 11.3 Å². The van der Waals surface area contributed by atoms with Crippen molar-refractivity contribution in [1.29, 1.82) is 0 Å². The monoisotopic (exact) mass is 380 g/mol. The van der Waals surface area contributed by atoms with Crippen LogP contribution in [0.5, 0.6) is 5.75 Å². The molecule has 0 radical (unpaired) electrons. The number of H-pyrrole nitrogens is 1. The maximum Gasteiger partial charge on any atom is 0.341 e. The fourth-order valence-corrected chi connectivity index (χ4v) is 3.72. The molecule has 1 aromatic heterocycles. The van der Waals surface area contributed by atoms with Crippen LogP contribution in [-0.4, -0.2) is 51.9 Å². The Kier molecular flexibility index (Phi) is 5.43. The lowest BCUT2D eigenvalue weighted by atomic mass is 10.0. The summed E-state index contributed by atoms with van der Waals surface area (Å²) in [5.74, 6) is -0.371. The van der Waals surface area contributed by atoms with Crippen molar-refractivity contribution in [2.45, 2.75) is 25.4 Å². The molecule has 2 heterocycles. The zero-order chi connectivity index (χ0) is 19.3. The van der Waals surface area contributed by atoms with E-state index in [0.717, 1.165) is 54.6 Å². The van der Waals surface area contributed by atoms with Gasteiger partial charge >= 0.3 is 5.97 Å². The van der Waals surface area contributed by atoms with Crippen LogP contribution in [0.15, 0.2) is 48.7 Å². The van der Waals surface area contributed by atoms with Gasteiger partial charge in [-0.2, -0.15) is 5.10 Å². The van der Waals surface area contributed by atoms with Crippen molar-refractivity contribution in [1.82, 2.24) is 15.1 Å². The van der Waals surface area contributed by atoms with Gasteiger partial charge in [0.2, 0.25) is 0 Å². The van der Waals surface area contributed by atoms with Crippen LogP contribution >= 0.6 is 0 Å². The Morgan fingerprint density at radius 3 is 3.14 bits per heavy atom. The van der Waals surface area contributed by atoms with Crippen molar-refractivity contribution in [3.63, 3.8) is 0 Å². The normalized spacial score (nSPS) is 17.5. The fraction of sp³-hybridized carbons (Fsp3) is 0.333. The number of nitrogens with one attached hydrogen (secondary N) is 2. The predicted octanol–water partition coefficient (Wildman–Crippen LogP) is 3.10. The Labute approximate surface area is 163 Å². The number of carboxylic acids is 1. The van der Waals surface area contributed by atoms with Crippen molar-refractivity contribution in [2.24, 2.45) is 0 Å². The van der Waals surface area contributed by atoms with Crippen LogP contribution in [0, 0.1) is 0 Å². The van der Waals surface area contributed by atoms with Crippen molar-refractivity contribution in [3.05, 3.63) is 54.2 Å². The Morgan fingerprint density at radius 2 is 2.25 bits per heavy atom. The molecule has 2 aromatic carbocycles. The summed E-state index contributed by atoms with van der Waals surface area (Å²) < 4.78 is 5.29. The molecule has 1 aliphatic heterocycles. The molecule has 1 atom stereocenters. The van der Waals surface area contributed by atoms with Gasteiger partial charge in [0.1, 0.15) is 5.75 Å². The van der Waals surface area contributed by atoms with E-state index in [2.05, 4.69) is 38.6 Å². The number of aliphatic carboxylic acids is 1. The number of piperidine rings is 1. The van der Waals surface area contributed by atoms with E-state index in [1.807, 2.05) is 24.4 Å². The van der Waals surface area contributed by atoms with E-state index in [1.165, 1.54) is 0 Å². The number of hydrogen-bond acceptors (Lipinski definition) is 5. The number of ether oxygens (including phenoxy) is 1. The number of likely N-dealkylation sites (tertiary alicyclic amines) is 1. The molecule has 7 heteroatoms. The SMILES string of the molecule is O=C(O)COc1cccc(CN2CCCC(Nc3ccc4[nH]ncc4c3)C2)c1. The standard InChI is InChI=1S/C21H24N4O3/c26-21(27)14-28-19-5-1-3-15(9-19)12-25-8-2-4-18(13-25)23-17-6-7-20-16(10-17)11-22-24-20/h1,3,5-7,9-11,18,23H,2,4,8,12-14H2,(H,22,24)(H,26,27). The molecule has 3 N–H and O–H groups in total. The number of fused-ring (bicyclic) bond motifs is 1. The summed E-state index contributed by atoms with van der Waals surface area (Å²) in [7, 11) is 0. The lowest BCUT2D eigenvalue weighted by Crippen LogP contribution is -2.41. The zero-order valence-corrected chi connectivity index (χ0v) is 15.6. The topological polar surface area (TPSA) is 90.5 Å². The average molecular weight is 380 g/mol. The molecule has 0 spiro atoms. The third-order valence-electron chi connectivity index (χ3n) is 4.98. The van der Waals surface area contributed by atoms with Gasteiger partial charge in [0, 0.05) is 30.2 Å². The molecule has 7 nitrogen and oxygen atoms in total. The van der Waals surface area contributed by atoms with Crippen molar-refractivity contribution >= 4 is 22.6 Å². The molecule has 0 aliphatic carbocycles. The number of aromatic amines is 1. The van der Waals surface area contributed by atoms with Crippen molar-refractivity contribution in [2.75, 3.05) is 25.0 Å². The molecule has 146 valence electrons. The summed E-state index contributed by atoms with van der Waals surface area (Å²) in [5, 5.41) is 20.6. The van der Waals surface area contributed by atoms with E-state index in [4.69, 9.17) is 9.84 Å². The first kappa shape index (κ1) is 18.3. The summed E-state index contributed by atoms with van der Waals surface area (Å²) in [6, 6.07) is 14.3. The van der Waals surface area contributed by atoms with E-state index < -0.39 is 5.97 Å². The number of aromatic nitrogens is 2. The van der Waals surface area contributed by atoms with Crippen molar-refractivity contribution < 1.29 is 14.6 Å². The first-order valence-corrected chi connectivity index (χ1v) is 9.51. The second-order valence-corrected chi connectivity index (χ2v) is 7.22. The molecule has 3 aromatic rings. The van der Waals surface area contributed by atoms with Gasteiger partial charge in [0.25, 0.3) is 0 Å². The quantitative estimate of drug-likeness (QED) is 0.584. The molecular formula is C21H24N4O3. The van der Waals surface area contributed by atoms with Gasteiger partial charge in [-0.05, 0) is 55.3 Å². The minimum Gasteiger partial charge on any atom is -0.482 e. The second-order valence-electron chi connectivity index (χ2n) is 7.22. The number of benzene rings is 2. The predicted molar refractivity (Wildman–Crippen MR) is 108 cm³/mol. The maximum atomic E-state index is 10.7. The highest BCUT2D eigenvalue weighted by molar-refractivity contribution is 5.81. The summed E-state index contributed by atoms with van der Waals surface area (Å²) in [6.45, 7) is 2.52. The molecule has 0 bridgehead atoms. The van der Waals surface area contributed by atoms with E-state index >= 15 is 0 Å². The van der Waals surface area contributed by atoms with Gasteiger partial charge in [-0.3, -0.25) is 10.00 Å². The molecule has 1 unspecified atom stereocenters. The molecule has 0 amide bonds. The van der Waals surface area contributed by atoms with Gasteiger partial charge in [-0.1, -0.05) is 12.1 Å². The van der Waals surface area contributed by atoms with Crippen molar-refractivity contribution in [3.8, 4) is 5.75 Å². The molecule has 28 heavy (non-hydrogen) atoms. The van der Waals surface area contributed by atoms with Gasteiger partial charge in [0.05, 0.1) is 11.7 Å². The average Bonchev–Trinajstić information content (AvgIpc) is 3.15. The van der Waals surface area contributed by atoms with Crippen LogP contribution in [0.2, 0.25) is 0 Å². The Bertz CT molecular complexity index is 955. The molecule has 1 fully saturated rings. The number of hydrogen-bond donors (Lipinski definition) is 3. The number of nitrogens with zero attached hydrogens (tertiary/aromatic N) is 2. The highest BCUT2D eigenvalue weighted by Gasteiger charge is 2.20. The third-order valence-corrected chi connectivity index (χ3v) is 4.98. The van der Waals surface area contributed by atoms with Gasteiger partial charge in [-0.15, -0.1) is 0 Å². The Hall–Kier alpha value is -3.06. The van der Waals surface area contributed by atoms with Crippen LogP contribution in [0.1, 0.15) is 18.4 Å². The largest absolute Gasteiger partial charge is 0.482 e. The number of carbonyl (C=O) groups is 1. The summed E-state index contributed by atoms with van der Waals surface area (Å²) >= 11 is 0. The number of rotatable bonds is 7. The van der Waals surface area contributed by atoms with E-state index in [1.54, 1.807) is 6.07 Å². The van der Waals surface area contributed by atoms with Gasteiger partial charge in [0.15, 0.2) is 6.61 Å². The fourth-order valence-electron chi connectivity index (χ4n) is 3.72. The smallest absolute Gasteiger partial charge is 0.341 e. The molecular weight excluding hydrogens is 356 g/mol. The van der Waals surface area contributed by atoms with E-state index in [-0.39, 0.29) is 6.61 Å². The van der Waals surface area contributed by atoms with Gasteiger partial charge in [-0.25, -0.2) is 4.79 Å². The van der Waals surface area contributed by atoms with Crippen LogP contribution in [0.4, 0.5) is 5.69 Å². The highest BCUT2D eigenvalue weighted by Crippen LogP contribution is 2.22. The number of anilines is 1. The lowest BCUT2D eigenvalue weighted by molar-refractivity contribution is -0.139. The van der Waals surface area contributed by atoms with Crippen LogP contribution in [0.3, 0.4) is 0 Å². The van der Waals surface area contributed by atoms with E-state index in [0.29, 0.717) is 11.8 Å². The number of carboxylic acid groups (broad SMARTS) is 1. The highest BCUT2D eigenvalue weighted by atomic mass is 16.5. The lowest BCUT2D eigenvalue weighted by Gasteiger charge is -2.33. The molecule has 0 saturated carbocycles. The molecule has 4 rings (SSSR count). The Morgan fingerprint density at radius 1 is 1.32 bits per heavy atom. The van der Waals surface area contributed by atoms with E-state index in [9.17, 15) is 4.79 Å². The second kappa shape index (κ2) is 8.31.